The van der Waals surface area contributed by atoms with Crippen molar-refractivity contribution < 1.29 is 14.3 Å². The van der Waals surface area contributed by atoms with E-state index in [1.54, 1.807) is 38.5 Å². The summed E-state index contributed by atoms with van der Waals surface area (Å²) in [4.78, 5) is 12.0. The second-order valence-electron chi connectivity index (χ2n) is 4.71. The number of ether oxygens (including phenoxy) is 2. The third kappa shape index (κ3) is 4.15. The predicted octanol–water partition coefficient (Wildman–Crippen LogP) is 3.93. The molecule has 4 nitrogen and oxygen atoms in total. The maximum Gasteiger partial charge on any atom is 0.224 e. The lowest BCUT2D eigenvalue weighted by atomic mass is 10.1. The minimum Gasteiger partial charge on any atom is -0.493 e. The number of methoxy groups -OCH3 is 2. The van der Waals surface area contributed by atoms with E-state index >= 15 is 0 Å². The molecule has 0 aliphatic rings. The Hall–Kier alpha value is -2.20. The summed E-state index contributed by atoms with van der Waals surface area (Å²) in [6, 6.07) is 12.7. The number of carbonyl (C=O) groups is 1. The molecule has 0 unspecified atom stereocenters. The lowest BCUT2D eigenvalue weighted by molar-refractivity contribution is -0.116. The molecule has 0 saturated carbocycles. The maximum atomic E-state index is 12.0. The van der Waals surface area contributed by atoms with Crippen LogP contribution in [0, 0.1) is 0 Å². The Morgan fingerprint density at radius 2 is 1.91 bits per heavy atom. The Balaban J connectivity index is 1.99. The first-order chi connectivity index (χ1) is 10.6. The van der Waals surface area contributed by atoms with Crippen LogP contribution >= 0.6 is 11.6 Å². The van der Waals surface area contributed by atoms with Gasteiger partial charge < -0.3 is 14.8 Å². The van der Waals surface area contributed by atoms with Gasteiger partial charge in [-0.2, -0.15) is 0 Å². The first-order valence-corrected chi connectivity index (χ1v) is 7.27. The van der Waals surface area contributed by atoms with E-state index < -0.39 is 0 Å². The Morgan fingerprint density at radius 1 is 1.14 bits per heavy atom. The molecule has 22 heavy (non-hydrogen) atoms. The fourth-order valence-corrected chi connectivity index (χ4v) is 2.38. The molecule has 1 N–H and O–H groups in total. The fourth-order valence-electron chi connectivity index (χ4n) is 2.19. The van der Waals surface area contributed by atoms with E-state index in [9.17, 15) is 4.79 Å². The topological polar surface area (TPSA) is 47.6 Å². The van der Waals surface area contributed by atoms with E-state index in [1.807, 2.05) is 18.2 Å². The molecule has 1 amide bonds. The molecule has 0 aromatic heterocycles. The smallest absolute Gasteiger partial charge is 0.224 e. The number of aryl methyl sites for hydroxylation is 1. The maximum absolute atomic E-state index is 12.0. The fraction of sp³-hybridized carbons (Fsp3) is 0.235. The molecule has 0 heterocycles. The number of para-hydroxylation sites is 1. The number of anilines is 1. The van der Waals surface area contributed by atoms with Gasteiger partial charge in [0.2, 0.25) is 5.91 Å². The van der Waals surface area contributed by atoms with E-state index in [-0.39, 0.29) is 5.91 Å². The van der Waals surface area contributed by atoms with Crippen LogP contribution in [0.4, 0.5) is 5.69 Å². The summed E-state index contributed by atoms with van der Waals surface area (Å²) in [7, 11) is 3.18. The second kappa shape index (κ2) is 7.71. The molecule has 2 aromatic rings. The van der Waals surface area contributed by atoms with E-state index in [1.165, 1.54) is 0 Å². The molecule has 0 bridgehead atoms. The number of carbonyl (C=O) groups excluding carboxylic acids is 1. The molecule has 0 spiro atoms. The minimum atomic E-state index is -0.0767. The number of hydrogen-bond acceptors (Lipinski definition) is 3. The summed E-state index contributed by atoms with van der Waals surface area (Å²) in [5.41, 5.74) is 1.62. The molecule has 0 aliphatic carbocycles. The van der Waals surface area contributed by atoms with Crippen molar-refractivity contribution in [3.8, 4) is 11.5 Å². The van der Waals surface area contributed by atoms with Crippen molar-refractivity contribution in [1.82, 2.24) is 0 Å². The van der Waals surface area contributed by atoms with Gasteiger partial charge in [0.25, 0.3) is 0 Å². The van der Waals surface area contributed by atoms with Crippen LogP contribution in [-0.4, -0.2) is 20.1 Å². The minimum absolute atomic E-state index is 0.0767. The van der Waals surface area contributed by atoms with Crippen LogP contribution in [0.1, 0.15) is 12.0 Å². The average Bonchev–Trinajstić information content (AvgIpc) is 2.52. The van der Waals surface area contributed by atoms with Gasteiger partial charge in [0.1, 0.15) is 0 Å². The van der Waals surface area contributed by atoms with Crippen LogP contribution in [0.25, 0.3) is 0 Å². The van der Waals surface area contributed by atoms with Crippen molar-refractivity contribution >= 4 is 23.2 Å². The van der Waals surface area contributed by atoms with Crippen LogP contribution < -0.4 is 14.8 Å². The van der Waals surface area contributed by atoms with Gasteiger partial charge in [-0.3, -0.25) is 4.79 Å². The zero-order valence-electron chi connectivity index (χ0n) is 12.6. The van der Waals surface area contributed by atoms with Gasteiger partial charge in [0.15, 0.2) is 11.5 Å². The van der Waals surface area contributed by atoms with E-state index in [0.29, 0.717) is 35.1 Å². The number of hydrogen-bond donors (Lipinski definition) is 1. The zero-order valence-corrected chi connectivity index (χ0v) is 13.3. The summed E-state index contributed by atoms with van der Waals surface area (Å²) in [6.45, 7) is 0. The summed E-state index contributed by atoms with van der Waals surface area (Å²) >= 11 is 5.89. The van der Waals surface area contributed by atoms with Gasteiger partial charge in [-0.15, -0.1) is 0 Å². The monoisotopic (exact) mass is 319 g/mol. The lowest BCUT2D eigenvalue weighted by Crippen LogP contribution is -2.12. The SMILES string of the molecule is COc1cccc(CCC(=O)Nc2cccc(Cl)c2)c1OC. The zero-order chi connectivity index (χ0) is 15.9. The summed E-state index contributed by atoms with van der Waals surface area (Å²) in [6.07, 6.45) is 0.906. The van der Waals surface area contributed by atoms with Crippen molar-refractivity contribution in [1.29, 1.82) is 0 Å². The van der Waals surface area contributed by atoms with Crippen molar-refractivity contribution in [2.75, 3.05) is 19.5 Å². The van der Waals surface area contributed by atoms with Crippen LogP contribution in [0.5, 0.6) is 11.5 Å². The molecule has 0 aliphatic heterocycles. The van der Waals surface area contributed by atoms with Crippen molar-refractivity contribution in [2.24, 2.45) is 0 Å². The number of amides is 1. The van der Waals surface area contributed by atoms with Gasteiger partial charge in [0, 0.05) is 17.1 Å². The Morgan fingerprint density at radius 3 is 2.59 bits per heavy atom. The quantitative estimate of drug-likeness (QED) is 0.877. The van der Waals surface area contributed by atoms with Gasteiger partial charge in [-0.25, -0.2) is 0 Å². The highest BCUT2D eigenvalue weighted by Gasteiger charge is 2.11. The first kappa shape index (κ1) is 16.2. The second-order valence-corrected chi connectivity index (χ2v) is 5.15. The van der Waals surface area contributed by atoms with Crippen LogP contribution in [0.2, 0.25) is 5.02 Å². The Bertz CT molecular complexity index is 658. The Labute approximate surface area is 135 Å². The molecule has 2 rings (SSSR count). The van der Waals surface area contributed by atoms with E-state index in [0.717, 1.165) is 5.56 Å². The largest absolute Gasteiger partial charge is 0.493 e. The number of rotatable bonds is 6. The number of benzene rings is 2. The van der Waals surface area contributed by atoms with Gasteiger partial charge >= 0.3 is 0 Å². The molecule has 0 radical (unpaired) electrons. The highest BCUT2D eigenvalue weighted by Crippen LogP contribution is 2.31. The molecule has 0 fully saturated rings. The van der Waals surface area contributed by atoms with Gasteiger partial charge in [-0.1, -0.05) is 29.8 Å². The van der Waals surface area contributed by atoms with Crippen LogP contribution in [-0.2, 0) is 11.2 Å². The Kier molecular flexibility index (Phi) is 5.67. The average molecular weight is 320 g/mol. The van der Waals surface area contributed by atoms with Gasteiger partial charge in [0.05, 0.1) is 14.2 Å². The summed E-state index contributed by atoms with van der Waals surface area (Å²) in [5, 5.41) is 3.41. The van der Waals surface area contributed by atoms with Crippen molar-refractivity contribution in [2.45, 2.75) is 12.8 Å². The molecule has 0 atom stereocenters. The summed E-state index contributed by atoms with van der Waals surface area (Å²) in [5.74, 6) is 1.25. The number of halogens is 1. The lowest BCUT2D eigenvalue weighted by Gasteiger charge is -2.12. The molecule has 116 valence electrons. The third-order valence-electron chi connectivity index (χ3n) is 3.21. The predicted molar refractivity (Wildman–Crippen MR) is 87.9 cm³/mol. The summed E-state index contributed by atoms with van der Waals surface area (Å²) < 4.78 is 10.6. The standard InChI is InChI=1S/C17H18ClNO3/c1-21-15-8-3-5-12(17(15)22-2)9-10-16(20)19-14-7-4-6-13(18)11-14/h3-8,11H,9-10H2,1-2H3,(H,19,20). The van der Waals surface area contributed by atoms with Crippen molar-refractivity contribution in [3.63, 3.8) is 0 Å². The number of nitrogens with one attached hydrogen (secondary N) is 1. The molecule has 5 heteroatoms. The van der Waals surface area contributed by atoms with Gasteiger partial charge in [-0.05, 0) is 36.2 Å². The highest BCUT2D eigenvalue weighted by molar-refractivity contribution is 6.30. The normalized spacial score (nSPS) is 10.1. The highest BCUT2D eigenvalue weighted by atomic mass is 35.5. The first-order valence-electron chi connectivity index (χ1n) is 6.89. The molecule has 2 aromatic carbocycles. The molecular formula is C17H18ClNO3. The third-order valence-corrected chi connectivity index (χ3v) is 3.45. The van der Waals surface area contributed by atoms with Crippen LogP contribution in [0.3, 0.4) is 0 Å². The van der Waals surface area contributed by atoms with Crippen molar-refractivity contribution in [3.05, 3.63) is 53.1 Å². The van der Waals surface area contributed by atoms with Crippen LogP contribution in [0.15, 0.2) is 42.5 Å². The van der Waals surface area contributed by atoms with E-state index in [4.69, 9.17) is 21.1 Å². The van der Waals surface area contributed by atoms with E-state index in [2.05, 4.69) is 5.32 Å². The molecule has 0 saturated heterocycles. The molecular weight excluding hydrogens is 302 g/mol.